The van der Waals surface area contributed by atoms with Gasteiger partial charge in [-0.2, -0.15) is 0 Å². The lowest BCUT2D eigenvalue weighted by Crippen LogP contribution is -2.52. The summed E-state index contributed by atoms with van der Waals surface area (Å²) in [6, 6.07) is 5.74. The van der Waals surface area contributed by atoms with Gasteiger partial charge in [0.25, 0.3) is 0 Å². The Kier molecular flexibility index (Phi) is 4.40. The van der Waals surface area contributed by atoms with E-state index in [0.717, 1.165) is 24.1 Å². The second-order valence-electron chi connectivity index (χ2n) is 5.74. The molecule has 2 saturated heterocycles. The van der Waals surface area contributed by atoms with Gasteiger partial charge in [-0.3, -0.25) is 9.80 Å². The van der Waals surface area contributed by atoms with Crippen LogP contribution in [0.5, 0.6) is 0 Å². The van der Waals surface area contributed by atoms with Crippen LogP contribution in [0, 0.1) is 5.82 Å². The maximum Gasteiger partial charge on any atom is 0.128 e. The van der Waals surface area contributed by atoms with Crippen molar-refractivity contribution in [3.63, 3.8) is 0 Å². The maximum atomic E-state index is 14.1. The Morgan fingerprint density at radius 2 is 2.20 bits per heavy atom. The van der Waals surface area contributed by atoms with E-state index in [0.29, 0.717) is 18.2 Å². The van der Waals surface area contributed by atoms with Gasteiger partial charge in [0.1, 0.15) is 5.82 Å². The van der Waals surface area contributed by atoms with E-state index < -0.39 is 0 Å². The van der Waals surface area contributed by atoms with Crippen molar-refractivity contribution >= 4 is 15.9 Å². The van der Waals surface area contributed by atoms with Gasteiger partial charge in [-0.15, -0.1) is 0 Å². The van der Waals surface area contributed by atoms with Crippen LogP contribution in [-0.4, -0.2) is 48.6 Å². The first-order chi connectivity index (χ1) is 9.69. The Morgan fingerprint density at radius 1 is 1.35 bits per heavy atom. The average Bonchev–Trinajstić information content (AvgIpc) is 2.91. The fraction of sp³-hybridized carbons (Fsp3) is 0.600. The van der Waals surface area contributed by atoms with E-state index in [1.807, 2.05) is 6.07 Å². The van der Waals surface area contributed by atoms with Gasteiger partial charge in [-0.05, 0) is 37.6 Å². The molecule has 110 valence electrons. The van der Waals surface area contributed by atoms with E-state index in [1.54, 1.807) is 6.07 Å². The lowest BCUT2D eigenvalue weighted by molar-refractivity contribution is 0.0725. The van der Waals surface area contributed by atoms with Gasteiger partial charge in [0.05, 0.1) is 6.04 Å². The zero-order chi connectivity index (χ0) is 14.1. The van der Waals surface area contributed by atoms with Crippen LogP contribution >= 0.6 is 15.9 Å². The van der Waals surface area contributed by atoms with Crippen molar-refractivity contribution < 1.29 is 4.39 Å². The van der Waals surface area contributed by atoms with Crippen molar-refractivity contribution in [1.82, 2.24) is 9.80 Å². The number of nitrogens with zero attached hydrogens (tertiary/aromatic N) is 2. The van der Waals surface area contributed by atoms with Gasteiger partial charge < -0.3 is 5.73 Å². The molecule has 0 spiro atoms. The third kappa shape index (κ3) is 2.77. The number of rotatable bonds is 3. The van der Waals surface area contributed by atoms with E-state index in [9.17, 15) is 4.39 Å². The maximum absolute atomic E-state index is 14.1. The summed E-state index contributed by atoms with van der Waals surface area (Å²) in [4.78, 5) is 4.92. The molecule has 3 nitrogen and oxygen atoms in total. The van der Waals surface area contributed by atoms with Crippen molar-refractivity contribution in [2.45, 2.75) is 24.9 Å². The molecule has 0 aromatic heterocycles. The van der Waals surface area contributed by atoms with Crippen LogP contribution in [-0.2, 0) is 0 Å². The Balaban J connectivity index is 1.81. The van der Waals surface area contributed by atoms with Crippen LogP contribution in [0.15, 0.2) is 22.7 Å². The highest BCUT2D eigenvalue weighted by molar-refractivity contribution is 9.10. The van der Waals surface area contributed by atoms with E-state index in [4.69, 9.17) is 5.73 Å². The van der Waals surface area contributed by atoms with Crippen molar-refractivity contribution in [2.24, 2.45) is 5.73 Å². The second-order valence-corrected chi connectivity index (χ2v) is 6.66. The van der Waals surface area contributed by atoms with Gasteiger partial charge in [0.2, 0.25) is 0 Å². The molecule has 2 unspecified atom stereocenters. The summed E-state index contributed by atoms with van der Waals surface area (Å²) in [6.45, 7) is 4.74. The fourth-order valence-electron chi connectivity index (χ4n) is 3.54. The quantitative estimate of drug-likeness (QED) is 0.915. The first-order valence-electron chi connectivity index (χ1n) is 7.32. The molecule has 2 atom stereocenters. The summed E-state index contributed by atoms with van der Waals surface area (Å²) >= 11 is 3.43. The standard InChI is InChI=1S/C15H21BrFN3/c16-11-3-4-14(17)13(8-11)15(9-18)20-7-6-19-5-1-2-12(19)10-20/h3-4,8,12,15H,1-2,5-7,9-10,18H2. The summed E-state index contributed by atoms with van der Waals surface area (Å²) < 4.78 is 15.0. The zero-order valence-corrected chi connectivity index (χ0v) is 13.2. The predicted molar refractivity (Wildman–Crippen MR) is 82.1 cm³/mol. The lowest BCUT2D eigenvalue weighted by atomic mass is 10.0. The van der Waals surface area contributed by atoms with Crippen molar-refractivity contribution in [3.8, 4) is 0 Å². The second kappa shape index (κ2) is 6.10. The smallest absolute Gasteiger partial charge is 0.128 e. The molecule has 1 aromatic rings. The fourth-order valence-corrected chi connectivity index (χ4v) is 3.92. The SMILES string of the molecule is NCC(c1cc(Br)ccc1F)N1CCN2CCCC2C1. The minimum Gasteiger partial charge on any atom is -0.329 e. The first kappa shape index (κ1) is 14.4. The molecule has 1 aromatic carbocycles. The van der Waals surface area contributed by atoms with Gasteiger partial charge in [-0.25, -0.2) is 4.39 Å². The summed E-state index contributed by atoms with van der Waals surface area (Å²) in [5.41, 5.74) is 6.67. The van der Waals surface area contributed by atoms with Crippen LogP contribution in [0.1, 0.15) is 24.4 Å². The Morgan fingerprint density at radius 3 is 3.00 bits per heavy atom. The number of halogens is 2. The molecular weight excluding hydrogens is 321 g/mol. The number of hydrogen-bond acceptors (Lipinski definition) is 3. The normalized spacial score (nSPS) is 25.6. The van der Waals surface area contributed by atoms with Crippen LogP contribution in [0.2, 0.25) is 0 Å². The Hall–Kier alpha value is -0.490. The summed E-state index contributed by atoms with van der Waals surface area (Å²) in [7, 11) is 0. The van der Waals surface area contributed by atoms with E-state index in [1.165, 1.54) is 25.5 Å². The topological polar surface area (TPSA) is 32.5 Å². The average molecular weight is 342 g/mol. The summed E-state index contributed by atoms with van der Waals surface area (Å²) in [5, 5.41) is 0. The van der Waals surface area contributed by atoms with E-state index in [-0.39, 0.29) is 11.9 Å². The monoisotopic (exact) mass is 341 g/mol. The van der Waals surface area contributed by atoms with Crippen molar-refractivity contribution in [3.05, 3.63) is 34.1 Å². The van der Waals surface area contributed by atoms with Crippen LogP contribution in [0.3, 0.4) is 0 Å². The third-order valence-electron chi connectivity index (χ3n) is 4.60. The molecule has 0 bridgehead atoms. The minimum atomic E-state index is -0.155. The molecule has 2 N–H and O–H groups in total. The molecule has 0 saturated carbocycles. The van der Waals surface area contributed by atoms with Crippen molar-refractivity contribution in [2.75, 3.05) is 32.7 Å². The number of piperazine rings is 1. The largest absolute Gasteiger partial charge is 0.329 e. The molecule has 2 aliphatic heterocycles. The Bertz CT molecular complexity index is 482. The molecule has 2 heterocycles. The summed E-state index contributed by atoms with van der Waals surface area (Å²) in [6.07, 6.45) is 2.55. The molecule has 2 aliphatic rings. The van der Waals surface area contributed by atoms with E-state index >= 15 is 0 Å². The van der Waals surface area contributed by atoms with Crippen molar-refractivity contribution in [1.29, 1.82) is 0 Å². The highest BCUT2D eigenvalue weighted by Gasteiger charge is 2.34. The van der Waals surface area contributed by atoms with Crippen LogP contribution < -0.4 is 5.73 Å². The molecule has 0 radical (unpaired) electrons. The molecular formula is C15H21BrFN3. The third-order valence-corrected chi connectivity index (χ3v) is 5.09. The number of nitrogens with two attached hydrogens (primary N) is 1. The van der Waals surface area contributed by atoms with Gasteiger partial charge in [0, 0.05) is 42.3 Å². The van der Waals surface area contributed by atoms with E-state index in [2.05, 4.69) is 25.7 Å². The van der Waals surface area contributed by atoms with Crippen LogP contribution in [0.4, 0.5) is 4.39 Å². The first-order valence-corrected chi connectivity index (χ1v) is 8.11. The molecule has 20 heavy (non-hydrogen) atoms. The minimum absolute atomic E-state index is 0.0183. The van der Waals surface area contributed by atoms with Gasteiger partial charge in [0.15, 0.2) is 0 Å². The molecule has 0 aliphatic carbocycles. The number of fused-ring (bicyclic) bond motifs is 1. The number of benzene rings is 1. The Labute approximate surface area is 128 Å². The highest BCUT2D eigenvalue weighted by Crippen LogP contribution is 2.30. The van der Waals surface area contributed by atoms with Gasteiger partial charge in [-0.1, -0.05) is 15.9 Å². The highest BCUT2D eigenvalue weighted by atomic mass is 79.9. The lowest BCUT2D eigenvalue weighted by Gasteiger charge is -2.41. The molecule has 0 amide bonds. The molecule has 2 fully saturated rings. The molecule has 5 heteroatoms. The molecule has 3 rings (SSSR count). The summed E-state index contributed by atoms with van der Waals surface area (Å²) in [5.74, 6) is -0.155. The predicted octanol–water partition coefficient (Wildman–Crippen LogP) is 2.37. The van der Waals surface area contributed by atoms with Crippen LogP contribution in [0.25, 0.3) is 0 Å². The van der Waals surface area contributed by atoms with Gasteiger partial charge >= 0.3 is 0 Å². The zero-order valence-electron chi connectivity index (χ0n) is 11.6. The number of hydrogen-bond donors (Lipinski definition) is 1.